The first-order chi connectivity index (χ1) is 10.8. The molecule has 1 aromatic rings. The summed E-state index contributed by atoms with van der Waals surface area (Å²) in [5.41, 5.74) is 4.11. The van der Waals surface area contributed by atoms with E-state index in [9.17, 15) is 4.79 Å². The quantitative estimate of drug-likeness (QED) is 0.867. The van der Waals surface area contributed by atoms with Crippen molar-refractivity contribution in [3.8, 4) is 0 Å². The minimum absolute atomic E-state index is 0. The molecule has 128 valence electrons. The van der Waals surface area contributed by atoms with Crippen molar-refractivity contribution < 1.29 is 4.79 Å². The van der Waals surface area contributed by atoms with Crippen LogP contribution in [0.3, 0.4) is 0 Å². The van der Waals surface area contributed by atoms with Gasteiger partial charge in [-0.3, -0.25) is 4.79 Å². The maximum atomic E-state index is 12.1. The Labute approximate surface area is 146 Å². The number of aryl methyl sites for hydroxylation is 2. The number of carbonyl (C=O) groups excluding carboxylic acids is 1. The van der Waals surface area contributed by atoms with Crippen molar-refractivity contribution in [1.82, 2.24) is 10.6 Å². The summed E-state index contributed by atoms with van der Waals surface area (Å²) in [5, 5.41) is 6.52. The molecule has 0 aromatic heterocycles. The lowest BCUT2D eigenvalue weighted by Crippen LogP contribution is -2.33. The topological polar surface area (TPSA) is 41.1 Å². The summed E-state index contributed by atoms with van der Waals surface area (Å²) in [7, 11) is 0. The number of hydrogen-bond acceptors (Lipinski definition) is 2. The fraction of sp³-hybridized carbons (Fsp3) is 0.632. The third kappa shape index (κ3) is 5.50. The molecule has 1 amide bonds. The second-order valence-electron chi connectivity index (χ2n) is 6.84. The van der Waals surface area contributed by atoms with E-state index in [-0.39, 0.29) is 18.3 Å². The van der Waals surface area contributed by atoms with Crippen LogP contribution < -0.4 is 10.6 Å². The van der Waals surface area contributed by atoms with Gasteiger partial charge in [0.25, 0.3) is 0 Å². The van der Waals surface area contributed by atoms with Gasteiger partial charge in [-0.2, -0.15) is 0 Å². The SMILES string of the molecule is Cl.O=C(Cc1ccc2c(c1)CCCC2)NCCC1CCCNC1. The average molecular weight is 337 g/mol. The van der Waals surface area contributed by atoms with Crippen molar-refractivity contribution in [2.24, 2.45) is 5.92 Å². The van der Waals surface area contributed by atoms with Gasteiger partial charge in [-0.1, -0.05) is 18.2 Å². The van der Waals surface area contributed by atoms with Crippen LogP contribution in [0.5, 0.6) is 0 Å². The molecule has 1 fully saturated rings. The van der Waals surface area contributed by atoms with Gasteiger partial charge in [0.1, 0.15) is 0 Å². The zero-order chi connectivity index (χ0) is 15.2. The third-order valence-corrected chi connectivity index (χ3v) is 5.05. The van der Waals surface area contributed by atoms with Crippen molar-refractivity contribution in [2.45, 2.75) is 51.4 Å². The zero-order valence-electron chi connectivity index (χ0n) is 13.9. The Morgan fingerprint density at radius 3 is 2.78 bits per heavy atom. The Hall–Kier alpha value is -1.06. The molecule has 0 spiro atoms. The average Bonchev–Trinajstić information content (AvgIpc) is 2.56. The number of carbonyl (C=O) groups is 1. The molecule has 2 aliphatic rings. The fourth-order valence-corrected chi connectivity index (χ4v) is 3.73. The summed E-state index contributed by atoms with van der Waals surface area (Å²) < 4.78 is 0. The Kier molecular flexibility index (Phi) is 7.38. The number of piperidine rings is 1. The van der Waals surface area contributed by atoms with E-state index in [2.05, 4.69) is 28.8 Å². The predicted molar refractivity (Wildman–Crippen MR) is 97.3 cm³/mol. The van der Waals surface area contributed by atoms with E-state index in [0.29, 0.717) is 6.42 Å². The minimum atomic E-state index is 0. The van der Waals surface area contributed by atoms with Gasteiger partial charge in [0, 0.05) is 6.54 Å². The lowest BCUT2D eigenvalue weighted by Gasteiger charge is -2.22. The van der Waals surface area contributed by atoms with Gasteiger partial charge in [0.2, 0.25) is 5.91 Å². The molecule has 0 bridgehead atoms. The van der Waals surface area contributed by atoms with Crippen molar-refractivity contribution in [3.05, 3.63) is 34.9 Å². The number of amides is 1. The highest BCUT2D eigenvalue weighted by Crippen LogP contribution is 2.22. The van der Waals surface area contributed by atoms with Crippen LogP contribution in [0.2, 0.25) is 0 Å². The molecule has 0 radical (unpaired) electrons. The molecule has 4 heteroatoms. The number of benzene rings is 1. The number of hydrogen-bond donors (Lipinski definition) is 2. The zero-order valence-corrected chi connectivity index (χ0v) is 14.7. The number of rotatable bonds is 5. The molecular weight excluding hydrogens is 308 g/mol. The van der Waals surface area contributed by atoms with Crippen molar-refractivity contribution >= 4 is 18.3 Å². The first-order valence-corrected chi connectivity index (χ1v) is 8.89. The summed E-state index contributed by atoms with van der Waals surface area (Å²) in [5.74, 6) is 0.900. The summed E-state index contributed by atoms with van der Waals surface area (Å²) in [6, 6.07) is 6.61. The molecule has 1 heterocycles. The Morgan fingerprint density at radius 2 is 2.00 bits per heavy atom. The molecule has 23 heavy (non-hydrogen) atoms. The van der Waals surface area contributed by atoms with E-state index >= 15 is 0 Å². The highest BCUT2D eigenvalue weighted by Gasteiger charge is 2.14. The van der Waals surface area contributed by atoms with Crippen LogP contribution in [0, 0.1) is 5.92 Å². The molecule has 1 aliphatic heterocycles. The number of halogens is 1. The Balaban J connectivity index is 0.00000192. The van der Waals surface area contributed by atoms with Gasteiger partial charge < -0.3 is 10.6 Å². The molecule has 1 aromatic carbocycles. The first kappa shape index (κ1) is 18.3. The van der Waals surface area contributed by atoms with E-state index in [1.807, 2.05) is 0 Å². The van der Waals surface area contributed by atoms with Crippen LogP contribution in [-0.2, 0) is 24.1 Å². The van der Waals surface area contributed by atoms with Crippen LogP contribution in [0.1, 0.15) is 48.8 Å². The molecule has 3 nitrogen and oxygen atoms in total. The molecule has 1 aliphatic carbocycles. The Morgan fingerprint density at radius 1 is 1.17 bits per heavy atom. The summed E-state index contributed by atoms with van der Waals surface area (Å²) in [6.45, 7) is 3.08. The molecule has 3 rings (SSSR count). The van der Waals surface area contributed by atoms with E-state index < -0.39 is 0 Å². The summed E-state index contributed by atoms with van der Waals surface area (Å²) in [4.78, 5) is 12.1. The van der Waals surface area contributed by atoms with E-state index in [4.69, 9.17) is 0 Å². The highest BCUT2D eigenvalue weighted by molar-refractivity contribution is 5.85. The van der Waals surface area contributed by atoms with Gasteiger partial charge in [-0.05, 0) is 80.6 Å². The lowest BCUT2D eigenvalue weighted by atomic mass is 9.90. The molecule has 1 atom stereocenters. The van der Waals surface area contributed by atoms with Crippen LogP contribution >= 0.6 is 12.4 Å². The normalized spacial score (nSPS) is 20.3. The summed E-state index contributed by atoms with van der Waals surface area (Å²) >= 11 is 0. The molecule has 2 N–H and O–H groups in total. The van der Waals surface area contributed by atoms with Gasteiger partial charge in [-0.25, -0.2) is 0 Å². The highest BCUT2D eigenvalue weighted by atomic mass is 35.5. The smallest absolute Gasteiger partial charge is 0.224 e. The van der Waals surface area contributed by atoms with E-state index in [0.717, 1.165) is 37.5 Å². The van der Waals surface area contributed by atoms with Crippen LogP contribution in [-0.4, -0.2) is 25.5 Å². The van der Waals surface area contributed by atoms with Gasteiger partial charge >= 0.3 is 0 Å². The fourth-order valence-electron chi connectivity index (χ4n) is 3.73. The van der Waals surface area contributed by atoms with Gasteiger partial charge in [0.15, 0.2) is 0 Å². The predicted octanol–water partition coefficient (Wildman–Crippen LogP) is 3.04. The first-order valence-electron chi connectivity index (χ1n) is 8.89. The lowest BCUT2D eigenvalue weighted by molar-refractivity contribution is -0.120. The van der Waals surface area contributed by atoms with Crippen LogP contribution in [0.4, 0.5) is 0 Å². The van der Waals surface area contributed by atoms with Crippen LogP contribution in [0.15, 0.2) is 18.2 Å². The summed E-state index contributed by atoms with van der Waals surface area (Å²) in [6.07, 6.45) is 9.18. The number of fused-ring (bicyclic) bond motifs is 1. The molecule has 1 saturated heterocycles. The van der Waals surface area contributed by atoms with E-state index in [1.165, 1.54) is 49.7 Å². The van der Waals surface area contributed by atoms with Crippen molar-refractivity contribution in [3.63, 3.8) is 0 Å². The molecular formula is C19H29ClN2O. The van der Waals surface area contributed by atoms with Crippen LogP contribution in [0.25, 0.3) is 0 Å². The van der Waals surface area contributed by atoms with Crippen molar-refractivity contribution in [1.29, 1.82) is 0 Å². The van der Waals surface area contributed by atoms with E-state index in [1.54, 1.807) is 0 Å². The maximum Gasteiger partial charge on any atom is 0.224 e. The van der Waals surface area contributed by atoms with Crippen molar-refractivity contribution in [2.75, 3.05) is 19.6 Å². The molecule has 0 saturated carbocycles. The standard InChI is InChI=1S/C19H28N2O.ClH/c22-19(21-11-9-15-4-3-10-20-14-15)13-16-7-8-17-5-1-2-6-18(17)12-16;/h7-8,12,15,20H,1-6,9-11,13-14H2,(H,21,22);1H. The Bertz CT molecular complexity index is 512. The second kappa shape index (κ2) is 9.29. The minimum Gasteiger partial charge on any atom is -0.356 e. The maximum absolute atomic E-state index is 12.1. The molecule has 1 unspecified atom stereocenters. The number of nitrogens with one attached hydrogen (secondary N) is 2. The third-order valence-electron chi connectivity index (χ3n) is 5.05. The monoisotopic (exact) mass is 336 g/mol. The largest absolute Gasteiger partial charge is 0.356 e. The second-order valence-corrected chi connectivity index (χ2v) is 6.84. The van der Waals surface area contributed by atoms with Gasteiger partial charge in [0.05, 0.1) is 6.42 Å². The van der Waals surface area contributed by atoms with Gasteiger partial charge in [-0.15, -0.1) is 12.4 Å².